The largest absolute Gasteiger partial charge is 0.466 e. The Labute approximate surface area is 124 Å². The van der Waals surface area contributed by atoms with Gasteiger partial charge < -0.3 is 9.47 Å². The molecule has 0 bridgehead atoms. The minimum absolute atomic E-state index is 0.255. The smallest absolute Gasteiger partial charge is 0.189 e. The molecule has 0 amide bonds. The van der Waals surface area contributed by atoms with E-state index >= 15 is 0 Å². The molecule has 0 aliphatic heterocycles. The van der Waals surface area contributed by atoms with Crippen LogP contribution in [-0.2, 0) is 4.74 Å². The standard InChI is InChI=1S/C13H20BrClO2Si/c1-10-11(14)5-6-12(13(10)15)17-9-16-7-8-18(2,3)4/h5-6H,7-9H2,1-4H3. The van der Waals surface area contributed by atoms with Gasteiger partial charge in [0, 0.05) is 19.2 Å². The predicted molar refractivity (Wildman–Crippen MR) is 83.5 cm³/mol. The molecule has 0 saturated heterocycles. The molecule has 0 atom stereocenters. The molecule has 0 N–H and O–H groups in total. The van der Waals surface area contributed by atoms with Crippen molar-refractivity contribution < 1.29 is 9.47 Å². The van der Waals surface area contributed by atoms with Gasteiger partial charge in [-0.15, -0.1) is 0 Å². The van der Waals surface area contributed by atoms with Crippen LogP contribution in [-0.4, -0.2) is 21.5 Å². The van der Waals surface area contributed by atoms with Crippen LogP contribution in [0.1, 0.15) is 5.56 Å². The molecule has 102 valence electrons. The van der Waals surface area contributed by atoms with Crippen molar-refractivity contribution in [2.45, 2.75) is 32.6 Å². The second-order valence-electron chi connectivity index (χ2n) is 5.47. The van der Waals surface area contributed by atoms with Gasteiger partial charge in [-0.2, -0.15) is 0 Å². The lowest BCUT2D eigenvalue weighted by Gasteiger charge is -2.16. The van der Waals surface area contributed by atoms with Gasteiger partial charge in [0.05, 0.1) is 5.02 Å². The number of rotatable bonds is 6. The second-order valence-corrected chi connectivity index (χ2v) is 12.3. The maximum absolute atomic E-state index is 6.18. The van der Waals surface area contributed by atoms with Crippen molar-refractivity contribution in [3.05, 3.63) is 27.2 Å². The summed E-state index contributed by atoms with van der Waals surface area (Å²) in [5.74, 6) is 0.672. The first-order valence-electron chi connectivity index (χ1n) is 5.96. The fourth-order valence-electron chi connectivity index (χ4n) is 1.29. The summed E-state index contributed by atoms with van der Waals surface area (Å²) in [6, 6.07) is 4.92. The first-order valence-corrected chi connectivity index (χ1v) is 10.8. The maximum Gasteiger partial charge on any atom is 0.189 e. The van der Waals surface area contributed by atoms with E-state index in [4.69, 9.17) is 21.1 Å². The van der Waals surface area contributed by atoms with Crippen molar-refractivity contribution in [2.24, 2.45) is 0 Å². The predicted octanol–water partition coefficient (Wildman–Crippen LogP) is 5.10. The molecule has 1 aromatic carbocycles. The zero-order chi connectivity index (χ0) is 13.8. The fraction of sp³-hybridized carbons (Fsp3) is 0.538. The quantitative estimate of drug-likeness (QED) is 0.403. The summed E-state index contributed by atoms with van der Waals surface area (Å²) in [5, 5.41) is 0.637. The van der Waals surface area contributed by atoms with Crippen molar-refractivity contribution in [2.75, 3.05) is 13.4 Å². The zero-order valence-electron chi connectivity index (χ0n) is 11.3. The van der Waals surface area contributed by atoms with Gasteiger partial charge in [0.25, 0.3) is 0 Å². The lowest BCUT2D eigenvalue weighted by atomic mass is 10.2. The normalized spacial score (nSPS) is 11.7. The van der Waals surface area contributed by atoms with Crippen molar-refractivity contribution in [3.63, 3.8) is 0 Å². The third-order valence-electron chi connectivity index (χ3n) is 2.58. The highest BCUT2D eigenvalue weighted by molar-refractivity contribution is 9.10. The average molecular weight is 352 g/mol. The van der Waals surface area contributed by atoms with Gasteiger partial charge in [-0.1, -0.05) is 47.2 Å². The number of hydrogen-bond donors (Lipinski definition) is 0. The van der Waals surface area contributed by atoms with Crippen molar-refractivity contribution in [3.8, 4) is 5.75 Å². The van der Waals surface area contributed by atoms with Crippen molar-refractivity contribution in [1.29, 1.82) is 0 Å². The van der Waals surface area contributed by atoms with Crippen LogP contribution in [0.15, 0.2) is 16.6 Å². The third kappa shape index (κ3) is 5.30. The number of ether oxygens (including phenoxy) is 2. The molecule has 0 radical (unpaired) electrons. The third-order valence-corrected chi connectivity index (χ3v) is 5.61. The fourth-order valence-corrected chi connectivity index (χ4v) is 2.71. The molecule has 0 unspecified atom stereocenters. The molecule has 0 saturated carbocycles. The van der Waals surface area contributed by atoms with Gasteiger partial charge in [-0.3, -0.25) is 0 Å². The molecule has 0 aliphatic carbocycles. The highest BCUT2D eigenvalue weighted by Crippen LogP contribution is 2.32. The molecular weight excluding hydrogens is 332 g/mol. The minimum atomic E-state index is -1.03. The van der Waals surface area contributed by atoms with Crippen molar-refractivity contribution >= 4 is 35.6 Å². The van der Waals surface area contributed by atoms with E-state index in [1.165, 1.54) is 0 Å². The Morgan fingerprint density at radius 2 is 1.94 bits per heavy atom. The molecule has 0 spiro atoms. The van der Waals surface area contributed by atoms with Gasteiger partial charge in [0.1, 0.15) is 5.75 Å². The highest BCUT2D eigenvalue weighted by Gasteiger charge is 2.12. The van der Waals surface area contributed by atoms with Crippen LogP contribution in [0.2, 0.25) is 30.7 Å². The molecule has 1 rings (SSSR count). The van der Waals surface area contributed by atoms with E-state index in [9.17, 15) is 0 Å². The molecule has 0 aliphatic rings. The minimum Gasteiger partial charge on any atom is -0.466 e. The van der Waals surface area contributed by atoms with Crippen LogP contribution in [0.4, 0.5) is 0 Å². The van der Waals surface area contributed by atoms with E-state index in [2.05, 4.69) is 35.6 Å². The van der Waals surface area contributed by atoms with Crippen LogP contribution in [0.3, 0.4) is 0 Å². The van der Waals surface area contributed by atoms with E-state index in [-0.39, 0.29) is 6.79 Å². The molecule has 0 fully saturated rings. The van der Waals surface area contributed by atoms with E-state index < -0.39 is 8.07 Å². The van der Waals surface area contributed by atoms with Crippen LogP contribution in [0, 0.1) is 6.92 Å². The Morgan fingerprint density at radius 1 is 1.28 bits per heavy atom. The van der Waals surface area contributed by atoms with E-state index in [0.29, 0.717) is 10.8 Å². The molecule has 18 heavy (non-hydrogen) atoms. The van der Waals surface area contributed by atoms with Gasteiger partial charge >= 0.3 is 0 Å². The van der Waals surface area contributed by atoms with Gasteiger partial charge in [-0.25, -0.2) is 0 Å². The summed E-state index contributed by atoms with van der Waals surface area (Å²) in [5.41, 5.74) is 0.983. The maximum atomic E-state index is 6.18. The Hall–Kier alpha value is -0.0331. The monoisotopic (exact) mass is 350 g/mol. The molecule has 2 nitrogen and oxygen atoms in total. The Balaban J connectivity index is 2.39. The van der Waals surface area contributed by atoms with Crippen LogP contribution in [0.5, 0.6) is 5.75 Å². The molecular formula is C13H20BrClO2Si. The Bertz CT molecular complexity index is 405. The molecule has 0 aromatic heterocycles. The van der Waals surface area contributed by atoms with Gasteiger partial charge in [0.2, 0.25) is 0 Å². The van der Waals surface area contributed by atoms with Crippen LogP contribution in [0.25, 0.3) is 0 Å². The highest BCUT2D eigenvalue weighted by atomic mass is 79.9. The van der Waals surface area contributed by atoms with Crippen LogP contribution < -0.4 is 4.74 Å². The topological polar surface area (TPSA) is 18.5 Å². The van der Waals surface area contributed by atoms with Crippen LogP contribution >= 0.6 is 27.5 Å². The van der Waals surface area contributed by atoms with Gasteiger partial charge in [-0.05, 0) is 30.7 Å². The van der Waals surface area contributed by atoms with E-state index in [1.807, 2.05) is 19.1 Å². The first-order chi connectivity index (χ1) is 8.31. The van der Waals surface area contributed by atoms with Crippen molar-refractivity contribution in [1.82, 2.24) is 0 Å². The number of halogens is 2. The Kier molecular flexibility index (Phi) is 6.18. The molecule has 0 heterocycles. The first kappa shape index (κ1) is 16.0. The average Bonchev–Trinajstić information content (AvgIpc) is 2.27. The lowest BCUT2D eigenvalue weighted by molar-refractivity contribution is 0.0221. The summed E-state index contributed by atoms with van der Waals surface area (Å²) in [6.45, 7) is 9.93. The second kappa shape index (κ2) is 6.94. The zero-order valence-corrected chi connectivity index (χ0v) is 14.7. The summed E-state index contributed by atoms with van der Waals surface area (Å²) in [7, 11) is -1.03. The summed E-state index contributed by atoms with van der Waals surface area (Å²) in [6.07, 6.45) is 0. The van der Waals surface area contributed by atoms with E-state index in [0.717, 1.165) is 22.7 Å². The summed E-state index contributed by atoms with van der Waals surface area (Å²) >= 11 is 9.61. The van der Waals surface area contributed by atoms with E-state index in [1.54, 1.807) is 0 Å². The number of hydrogen-bond acceptors (Lipinski definition) is 2. The Morgan fingerprint density at radius 3 is 2.56 bits per heavy atom. The number of benzene rings is 1. The van der Waals surface area contributed by atoms with Gasteiger partial charge in [0.15, 0.2) is 6.79 Å². The lowest BCUT2D eigenvalue weighted by Crippen LogP contribution is -2.22. The SMILES string of the molecule is Cc1c(Br)ccc(OCOCC[Si](C)(C)C)c1Cl. The summed E-state index contributed by atoms with van der Waals surface area (Å²) in [4.78, 5) is 0. The molecule has 5 heteroatoms. The summed E-state index contributed by atoms with van der Waals surface area (Å²) < 4.78 is 12.0. The molecule has 1 aromatic rings.